The number of hydrogen-bond acceptors (Lipinski definition) is 2. The molecular formula is C9H10F2O2. The molecule has 0 atom stereocenters. The first-order valence-electron chi connectivity index (χ1n) is 3.81. The highest BCUT2D eigenvalue weighted by atomic mass is 19.3. The lowest BCUT2D eigenvalue weighted by Crippen LogP contribution is -1.99. The van der Waals surface area contributed by atoms with E-state index >= 15 is 0 Å². The zero-order valence-electron chi connectivity index (χ0n) is 6.91. The van der Waals surface area contributed by atoms with Gasteiger partial charge in [-0.15, -0.1) is 0 Å². The smallest absolute Gasteiger partial charge is 0.345 e. The topological polar surface area (TPSA) is 29.5 Å². The lowest BCUT2D eigenvalue weighted by atomic mass is 10.1. The highest BCUT2D eigenvalue weighted by Crippen LogP contribution is 2.07. The average molecular weight is 188 g/mol. The van der Waals surface area contributed by atoms with Gasteiger partial charge < -0.3 is 9.84 Å². The molecule has 0 bridgehead atoms. The molecule has 0 spiro atoms. The summed E-state index contributed by atoms with van der Waals surface area (Å²) < 4.78 is 27.3. The molecule has 72 valence electrons. The Bertz CT molecular complexity index is 246. The Balaban J connectivity index is 2.49. The normalized spacial score (nSPS) is 10.8. The van der Waals surface area contributed by atoms with Crippen LogP contribution in [-0.4, -0.2) is 11.7 Å². The van der Waals surface area contributed by atoms with E-state index in [0.29, 0.717) is 5.56 Å². The van der Waals surface area contributed by atoms with Gasteiger partial charge in [0, 0.05) is 0 Å². The zero-order chi connectivity index (χ0) is 9.68. The Morgan fingerprint density at radius 3 is 2.15 bits per heavy atom. The van der Waals surface area contributed by atoms with E-state index in [1.165, 1.54) is 0 Å². The molecule has 0 heterocycles. The molecule has 4 heteroatoms. The number of benzene rings is 1. The molecule has 1 aromatic carbocycles. The maximum Gasteiger partial charge on any atom is 0.345 e. The van der Waals surface area contributed by atoms with Crippen molar-refractivity contribution in [2.45, 2.75) is 19.8 Å². The van der Waals surface area contributed by atoms with E-state index in [-0.39, 0.29) is 13.2 Å². The van der Waals surface area contributed by atoms with Crippen molar-refractivity contribution in [3.63, 3.8) is 0 Å². The van der Waals surface area contributed by atoms with Crippen LogP contribution in [0.5, 0.6) is 0 Å². The molecule has 13 heavy (non-hydrogen) atoms. The van der Waals surface area contributed by atoms with Crippen molar-refractivity contribution in [1.82, 2.24) is 0 Å². The van der Waals surface area contributed by atoms with Crippen LogP contribution in [0.25, 0.3) is 0 Å². The number of ether oxygens (including phenoxy) is 1. The fourth-order valence-electron chi connectivity index (χ4n) is 0.900. The van der Waals surface area contributed by atoms with E-state index in [9.17, 15) is 8.78 Å². The molecule has 1 rings (SSSR count). The third kappa shape index (κ3) is 3.48. The number of halogens is 2. The van der Waals surface area contributed by atoms with Crippen molar-refractivity contribution in [3.05, 3.63) is 35.4 Å². The van der Waals surface area contributed by atoms with Gasteiger partial charge in [-0.05, 0) is 11.1 Å². The van der Waals surface area contributed by atoms with Crippen molar-refractivity contribution in [2.75, 3.05) is 0 Å². The minimum atomic E-state index is -2.74. The highest BCUT2D eigenvalue weighted by molar-refractivity contribution is 5.21. The summed E-state index contributed by atoms with van der Waals surface area (Å²) in [5, 5.41) is 8.70. The third-order valence-corrected chi connectivity index (χ3v) is 1.58. The summed E-state index contributed by atoms with van der Waals surface area (Å²) in [4.78, 5) is 0. The van der Waals surface area contributed by atoms with Gasteiger partial charge in [0.05, 0.1) is 13.2 Å². The van der Waals surface area contributed by atoms with Gasteiger partial charge in [0.15, 0.2) is 0 Å². The molecule has 0 radical (unpaired) electrons. The fraction of sp³-hybridized carbons (Fsp3) is 0.333. The minimum absolute atomic E-state index is 0.0457. The second kappa shape index (κ2) is 4.89. The molecule has 2 nitrogen and oxygen atoms in total. The maximum absolute atomic E-state index is 11.6. The Morgan fingerprint density at radius 1 is 1.15 bits per heavy atom. The summed E-state index contributed by atoms with van der Waals surface area (Å²) in [6.07, 6.45) is 0. The van der Waals surface area contributed by atoms with Gasteiger partial charge >= 0.3 is 6.61 Å². The predicted octanol–water partition coefficient (Wildman–Crippen LogP) is 1.92. The lowest BCUT2D eigenvalue weighted by molar-refractivity contribution is -0.137. The van der Waals surface area contributed by atoms with Gasteiger partial charge in [-0.3, -0.25) is 0 Å². The Labute approximate surface area is 74.8 Å². The maximum atomic E-state index is 11.6. The van der Waals surface area contributed by atoms with E-state index < -0.39 is 6.61 Å². The highest BCUT2D eigenvalue weighted by Gasteiger charge is 2.01. The van der Waals surface area contributed by atoms with E-state index in [1.54, 1.807) is 24.3 Å². The molecule has 0 aromatic heterocycles. The van der Waals surface area contributed by atoms with Crippen molar-refractivity contribution in [1.29, 1.82) is 0 Å². The molecule has 0 aliphatic rings. The Morgan fingerprint density at radius 2 is 1.69 bits per heavy atom. The monoisotopic (exact) mass is 188 g/mol. The largest absolute Gasteiger partial charge is 0.392 e. The van der Waals surface area contributed by atoms with Gasteiger partial charge in [-0.2, -0.15) is 8.78 Å². The lowest BCUT2D eigenvalue weighted by Gasteiger charge is -2.03. The van der Waals surface area contributed by atoms with Gasteiger partial charge in [0.1, 0.15) is 0 Å². The summed E-state index contributed by atoms with van der Waals surface area (Å²) in [6.45, 7) is -2.89. The van der Waals surface area contributed by atoms with Crippen LogP contribution >= 0.6 is 0 Å². The zero-order valence-corrected chi connectivity index (χ0v) is 6.91. The first kappa shape index (κ1) is 10.1. The molecule has 0 amide bonds. The van der Waals surface area contributed by atoms with Gasteiger partial charge in [0.2, 0.25) is 0 Å². The van der Waals surface area contributed by atoms with Gasteiger partial charge in [-0.25, -0.2) is 0 Å². The second-order valence-corrected chi connectivity index (χ2v) is 2.55. The van der Waals surface area contributed by atoms with Crippen LogP contribution in [0.15, 0.2) is 24.3 Å². The van der Waals surface area contributed by atoms with Crippen molar-refractivity contribution in [3.8, 4) is 0 Å². The van der Waals surface area contributed by atoms with Crippen LogP contribution in [0.2, 0.25) is 0 Å². The summed E-state index contributed by atoms with van der Waals surface area (Å²) >= 11 is 0. The Hall–Kier alpha value is -1.00. The number of alkyl halides is 2. The summed E-state index contributed by atoms with van der Waals surface area (Å²) in [5.41, 5.74) is 1.42. The molecule has 1 N–H and O–H groups in total. The van der Waals surface area contributed by atoms with Gasteiger partial charge in [0.25, 0.3) is 0 Å². The van der Waals surface area contributed by atoms with Crippen LogP contribution < -0.4 is 0 Å². The van der Waals surface area contributed by atoms with Crippen molar-refractivity contribution < 1.29 is 18.6 Å². The molecule has 1 aromatic rings. The summed E-state index contributed by atoms with van der Waals surface area (Å²) in [6, 6.07) is 6.64. The summed E-state index contributed by atoms with van der Waals surface area (Å²) in [7, 11) is 0. The molecule has 0 unspecified atom stereocenters. The number of aliphatic hydroxyl groups is 1. The number of hydrogen-bond donors (Lipinski definition) is 1. The first-order chi connectivity index (χ1) is 6.22. The van der Waals surface area contributed by atoms with E-state index in [1.807, 2.05) is 0 Å². The van der Waals surface area contributed by atoms with E-state index in [0.717, 1.165) is 5.56 Å². The molecule has 0 aliphatic carbocycles. The van der Waals surface area contributed by atoms with Crippen LogP contribution in [0.4, 0.5) is 8.78 Å². The quantitative estimate of drug-likeness (QED) is 0.782. The van der Waals surface area contributed by atoms with Crippen LogP contribution in [0.3, 0.4) is 0 Å². The SMILES string of the molecule is OCc1ccc(COC(F)F)cc1. The van der Waals surface area contributed by atoms with E-state index in [2.05, 4.69) is 4.74 Å². The molecule has 0 aliphatic heterocycles. The molecular weight excluding hydrogens is 178 g/mol. The number of aliphatic hydroxyl groups excluding tert-OH is 1. The van der Waals surface area contributed by atoms with Crippen LogP contribution in [0, 0.1) is 0 Å². The third-order valence-electron chi connectivity index (χ3n) is 1.58. The predicted molar refractivity (Wildman–Crippen MR) is 43.2 cm³/mol. The minimum Gasteiger partial charge on any atom is -0.392 e. The van der Waals surface area contributed by atoms with Crippen molar-refractivity contribution >= 4 is 0 Å². The first-order valence-corrected chi connectivity index (χ1v) is 3.81. The fourth-order valence-corrected chi connectivity index (χ4v) is 0.900. The molecule has 0 saturated heterocycles. The second-order valence-electron chi connectivity index (χ2n) is 2.55. The summed E-state index contributed by atoms with van der Waals surface area (Å²) in [5.74, 6) is 0. The number of rotatable bonds is 4. The van der Waals surface area contributed by atoms with Crippen LogP contribution in [0.1, 0.15) is 11.1 Å². The molecule has 0 saturated carbocycles. The molecule has 0 fully saturated rings. The van der Waals surface area contributed by atoms with Crippen molar-refractivity contribution in [2.24, 2.45) is 0 Å². The van der Waals surface area contributed by atoms with Gasteiger partial charge in [-0.1, -0.05) is 24.3 Å². The average Bonchev–Trinajstić information content (AvgIpc) is 2.15. The Kier molecular flexibility index (Phi) is 3.79. The standard InChI is InChI=1S/C9H10F2O2/c10-9(11)13-6-8-3-1-7(5-12)2-4-8/h1-4,9,12H,5-6H2. The van der Waals surface area contributed by atoms with Crippen LogP contribution in [-0.2, 0) is 18.0 Å². The van der Waals surface area contributed by atoms with E-state index in [4.69, 9.17) is 5.11 Å².